The van der Waals surface area contributed by atoms with E-state index in [1.54, 1.807) is 35.0 Å². The number of benzene rings is 1. The number of aliphatic hydroxyl groups is 6. The molecule has 414 valence electrons. The van der Waals surface area contributed by atoms with Crippen LogP contribution in [0.2, 0.25) is 0 Å². The quantitative estimate of drug-likeness (QED) is 0.0338. The molecule has 2 rings (SSSR count). The molecular formula is C55H108N4O11. The Morgan fingerprint density at radius 2 is 1.43 bits per heavy atom. The summed E-state index contributed by atoms with van der Waals surface area (Å²) in [5.74, 6) is -0.669. The molecule has 0 amide bonds. The topological polar surface area (TPSA) is 198 Å². The number of aromatic nitrogens is 1. The number of para-hydroxylation sites is 1. The summed E-state index contributed by atoms with van der Waals surface area (Å²) < 4.78 is 20.8. The zero-order chi connectivity index (χ0) is 54.8. The predicted molar refractivity (Wildman–Crippen MR) is 288 cm³/mol. The highest BCUT2D eigenvalue weighted by atomic mass is 16.5. The Balaban J connectivity index is -0.000000942. The molecule has 6 N–H and O–H groups in total. The average molecular weight is 1000 g/mol. The number of methoxy groups -OCH3 is 3. The van der Waals surface area contributed by atoms with E-state index < -0.39 is 41.5 Å². The van der Waals surface area contributed by atoms with Gasteiger partial charge in [0.05, 0.1) is 47.7 Å². The van der Waals surface area contributed by atoms with Crippen LogP contribution in [0.5, 0.6) is 0 Å². The lowest BCUT2D eigenvalue weighted by atomic mass is 9.83. The molecule has 1 aromatic heterocycles. The number of nitrogens with zero attached hydrogens (tertiary/aromatic N) is 4. The van der Waals surface area contributed by atoms with Crippen LogP contribution < -0.4 is 0 Å². The largest absolute Gasteiger partial charge is 0.392 e. The van der Waals surface area contributed by atoms with Crippen LogP contribution >= 0.6 is 0 Å². The number of carbonyl (C=O) groups excluding carboxylic acids is 1. The Bertz CT molecular complexity index is 1530. The fraction of sp³-hybridized carbons (Fsp3) is 0.818. The van der Waals surface area contributed by atoms with E-state index in [4.69, 9.17) is 24.1 Å². The summed E-state index contributed by atoms with van der Waals surface area (Å²) in [7, 11) is 13.2. The normalized spacial score (nSPS) is 18.0. The number of likely N-dealkylation sites (N-methyl/N-ethyl adjacent to an activating group) is 1. The van der Waals surface area contributed by atoms with Crippen molar-refractivity contribution in [2.45, 2.75) is 208 Å². The molecule has 0 aliphatic heterocycles. The highest BCUT2D eigenvalue weighted by molar-refractivity contribution is 5.78. The SMILES string of the molecule is CC.CCC(CC(C)OC)N(C)C.CCCOC(C)[C@@H](C)O.CC[C@@H](OC)[C@@](C)(O)C(O)C(C)N(C)C[C@H](C)C[C@@](C)(O)[C@H](O)C[C@H](O)C(C)C=O.COCCCN(C)Cc1cnc2ccccc2c1. The molecular weight excluding hydrogens is 893 g/mol. The summed E-state index contributed by atoms with van der Waals surface area (Å²) in [6.07, 6.45) is 3.96. The van der Waals surface area contributed by atoms with Gasteiger partial charge in [-0.1, -0.05) is 66.7 Å². The third kappa shape index (κ3) is 30.1. The molecule has 0 radical (unpaired) electrons. The van der Waals surface area contributed by atoms with Crippen LogP contribution in [0.15, 0.2) is 36.5 Å². The minimum Gasteiger partial charge on any atom is -0.392 e. The molecule has 70 heavy (non-hydrogen) atoms. The molecule has 0 saturated heterocycles. The van der Waals surface area contributed by atoms with Crippen molar-refractivity contribution in [3.63, 3.8) is 0 Å². The van der Waals surface area contributed by atoms with Gasteiger partial charge in [-0.25, -0.2) is 0 Å². The second kappa shape index (κ2) is 40.2. The Morgan fingerprint density at radius 3 is 1.91 bits per heavy atom. The first-order chi connectivity index (χ1) is 32.7. The van der Waals surface area contributed by atoms with Crippen LogP contribution in [0.25, 0.3) is 10.9 Å². The highest BCUT2D eigenvalue weighted by Crippen LogP contribution is 2.28. The smallest absolute Gasteiger partial charge is 0.125 e. The Morgan fingerprint density at radius 1 is 0.829 bits per heavy atom. The van der Waals surface area contributed by atoms with Gasteiger partial charge in [0.15, 0.2) is 0 Å². The van der Waals surface area contributed by atoms with E-state index in [2.05, 4.69) is 74.9 Å². The summed E-state index contributed by atoms with van der Waals surface area (Å²) in [6.45, 7) is 28.3. The van der Waals surface area contributed by atoms with Crippen molar-refractivity contribution in [1.82, 2.24) is 19.7 Å². The molecule has 0 spiro atoms. The first-order valence-electron chi connectivity index (χ1n) is 25.9. The second-order valence-electron chi connectivity index (χ2n) is 19.7. The van der Waals surface area contributed by atoms with Gasteiger partial charge < -0.3 is 69.1 Å². The van der Waals surface area contributed by atoms with Gasteiger partial charge in [-0.2, -0.15) is 0 Å². The lowest BCUT2D eigenvalue weighted by molar-refractivity contribution is -0.164. The third-order valence-electron chi connectivity index (χ3n) is 12.9. The van der Waals surface area contributed by atoms with E-state index in [0.29, 0.717) is 31.4 Å². The van der Waals surface area contributed by atoms with Crippen molar-refractivity contribution < 1.29 is 54.4 Å². The van der Waals surface area contributed by atoms with Gasteiger partial charge in [-0.15, -0.1) is 0 Å². The van der Waals surface area contributed by atoms with Crippen molar-refractivity contribution in [3.05, 3.63) is 42.1 Å². The maximum absolute atomic E-state index is 10.8. The molecule has 0 aliphatic carbocycles. The van der Waals surface area contributed by atoms with Crippen LogP contribution in [0, 0.1) is 11.8 Å². The van der Waals surface area contributed by atoms with E-state index in [9.17, 15) is 30.3 Å². The molecule has 1 heterocycles. The summed E-state index contributed by atoms with van der Waals surface area (Å²) in [5.41, 5.74) is -0.550. The van der Waals surface area contributed by atoms with Crippen LogP contribution in [0.1, 0.15) is 141 Å². The standard InChI is InChI=1S/C22H45NO7.C15H20N2O.C9H21NO.C7H16O2.C2H6/c1-9-19(30-8)22(6,29)20(27)16(4)23(7)12-14(2)11-21(5,28)18(26)10-17(25)15(3)13-24;1-17(8-5-9-18-2)12-13-10-14-6-3-4-7-15(14)16-11-13;1-6-9(10(3)4)7-8(2)11-5;1-4-5-9-7(3)6(2)8;1-2/h13-20,25-29H,9-12H2,1-8H3;3-4,6-7,10-11H,5,8-9,12H2,1-2H3;8-9H,6-7H2,1-5H3;6-8H,4-5H2,1-3H3;1-2H3/t14-,15?,16?,17+,18-,19-,20?,21-,22-;;;6-,7?;/m1..1./s1. The minimum absolute atomic E-state index is 0.0232. The van der Waals surface area contributed by atoms with Gasteiger partial charge >= 0.3 is 0 Å². The van der Waals surface area contributed by atoms with Gasteiger partial charge in [-0.05, 0) is 132 Å². The van der Waals surface area contributed by atoms with E-state index >= 15 is 0 Å². The predicted octanol–water partition coefficient (Wildman–Crippen LogP) is 7.23. The van der Waals surface area contributed by atoms with Gasteiger partial charge in [-0.3, -0.25) is 4.98 Å². The van der Waals surface area contributed by atoms with Gasteiger partial charge in [0, 0.05) is 90.2 Å². The van der Waals surface area contributed by atoms with Crippen molar-refractivity contribution in [3.8, 4) is 0 Å². The number of hydrogen-bond donors (Lipinski definition) is 6. The number of rotatable bonds is 30. The van der Waals surface area contributed by atoms with Crippen molar-refractivity contribution in [2.24, 2.45) is 11.8 Å². The van der Waals surface area contributed by atoms with Crippen molar-refractivity contribution in [1.29, 1.82) is 0 Å². The number of aliphatic hydroxyl groups excluding tert-OH is 4. The fourth-order valence-corrected chi connectivity index (χ4v) is 7.83. The first-order valence-corrected chi connectivity index (χ1v) is 25.9. The summed E-state index contributed by atoms with van der Waals surface area (Å²) >= 11 is 0. The monoisotopic (exact) mass is 1000 g/mol. The summed E-state index contributed by atoms with van der Waals surface area (Å²) in [4.78, 5) is 21.7. The lowest BCUT2D eigenvalue weighted by Gasteiger charge is -2.42. The molecule has 15 heteroatoms. The van der Waals surface area contributed by atoms with E-state index in [1.807, 2.05) is 71.8 Å². The van der Waals surface area contributed by atoms with Crippen molar-refractivity contribution >= 4 is 17.2 Å². The third-order valence-corrected chi connectivity index (χ3v) is 12.9. The molecule has 15 nitrogen and oxygen atoms in total. The van der Waals surface area contributed by atoms with Gasteiger partial charge in [0.2, 0.25) is 0 Å². The number of carbonyl (C=O) groups is 1. The Hall–Kier alpha value is -2.22. The molecule has 0 bridgehead atoms. The molecule has 1 aromatic carbocycles. The van der Waals surface area contributed by atoms with Gasteiger partial charge in [0.1, 0.15) is 18.0 Å². The zero-order valence-electron chi connectivity index (χ0n) is 47.9. The Kier molecular flexibility index (Phi) is 41.4. The average Bonchev–Trinajstić information content (AvgIpc) is 3.32. The number of hydrogen-bond acceptors (Lipinski definition) is 15. The number of aldehydes is 1. The molecule has 2 aromatic rings. The highest BCUT2D eigenvalue weighted by Gasteiger charge is 2.42. The second-order valence-corrected chi connectivity index (χ2v) is 19.7. The number of ether oxygens (including phenoxy) is 4. The van der Waals surface area contributed by atoms with Crippen LogP contribution in [0.3, 0.4) is 0 Å². The van der Waals surface area contributed by atoms with Crippen LogP contribution in [-0.2, 0) is 30.3 Å². The zero-order valence-corrected chi connectivity index (χ0v) is 47.9. The fourth-order valence-electron chi connectivity index (χ4n) is 7.83. The van der Waals surface area contributed by atoms with E-state index in [0.717, 1.165) is 51.1 Å². The Labute approximate surface area is 427 Å². The van der Waals surface area contributed by atoms with E-state index in [-0.39, 0.29) is 37.0 Å². The maximum atomic E-state index is 10.8. The van der Waals surface area contributed by atoms with Crippen LogP contribution in [0.4, 0.5) is 0 Å². The molecule has 13 atom stereocenters. The first kappa shape index (κ1) is 72.0. The molecule has 6 unspecified atom stereocenters. The molecule has 0 fully saturated rings. The molecule has 0 saturated carbocycles. The summed E-state index contributed by atoms with van der Waals surface area (Å²) in [5, 5.41) is 62.7. The lowest BCUT2D eigenvalue weighted by Crippen LogP contribution is -2.58. The van der Waals surface area contributed by atoms with Crippen molar-refractivity contribution in [2.75, 3.05) is 75.8 Å². The summed E-state index contributed by atoms with van der Waals surface area (Å²) in [6, 6.07) is 10.7. The van der Waals surface area contributed by atoms with Crippen LogP contribution in [-0.4, -0.2) is 198 Å². The molecule has 0 aliphatic rings. The number of fused-ring (bicyclic) bond motifs is 1. The minimum atomic E-state index is -1.44. The number of pyridine rings is 1. The van der Waals surface area contributed by atoms with E-state index in [1.165, 1.54) is 31.4 Å². The van der Waals surface area contributed by atoms with Gasteiger partial charge in [0.25, 0.3) is 0 Å². The maximum Gasteiger partial charge on any atom is 0.125 e.